The molecule has 0 saturated carbocycles. The van der Waals surface area contributed by atoms with E-state index in [1.54, 1.807) is 26.2 Å². The summed E-state index contributed by atoms with van der Waals surface area (Å²) < 4.78 is 36.6. The number of nitrogens with one attached hydrogen (secondary N) is 1. The zero-order valence-corrected chi connectivity index (χ0v) is 14.8. The third kappa shape index (κ3) is 5.49. The lowest BCUT2D eigenvalue weighted by molar-refractivity contribution is -0.120. The Bertz CT molecular complexity index is 631. The zero-order chi connectivity index (χ0) is 17.5. The molecule has 0 heterocycles. The van der Waals surface area contributed by atoms with E-state index in [-0.39, 0.29) is 23.8 Å². The summed E-state index contributed by atoms with van der Waals surface area (Å²) in [7, 11) is 0.921. The highest BCUT2D eigenvalue weighted by molar-refractivity contribution is 7.89. The van der Waals surface area contributed by atoms with Gasteiger partial charge in [0.15, 0.2) is 0 Å². The Balaban J connectivity index is 2.83. The van der Waals surface area contributed by atoms with Crippen molar-refractivity contribution in [2.75, 3.05) is 41.0 Å². The van der Waals surface area contributed by atoms with Crippen LogP contribution in [0.2, 0.25) is 0 Å². The third-order valence-electron chi connectivity index (χ3n) is 3.33. The molecule has 130 valence electrons. The lowest BCUT2D eigenvalue weighted by atomic mass is 10.2. The molecular weight excluding hydrogens is 320 g/mol. The van der Waals surface area contributed by atoms with Crippen molar-refractivity contribution in [3.05, 3.63) is 23.8 Å². The average Bonchev–Trinajstić information content (AvgIpc) is 2.53. The number of amides is 1. The topological polar surface area (TPSA) is 84.9 Å². The monoisotopic (exact) mass is 344 g/mol. The first-order chi connectivity index (χ1) is 10.8. The second-order valence-corrected chi connectivity index (χ2v) is 7.06. The molecule has 23 heavy (non-hydrogen) atoms. The lowest BCUT2D eigenvalue weighted by Crippen LogP contribution is -2.31. The van der Waals surface area contributed by atoms with Gasteiger partial charge in [0.05, 0.1) is 11.5 Å². The van der Waals surface area contributed by atoms with Gasteiger partial charge < -0.3 is 14.8 Å². The minimum absolute atomic E-state index is 0.115. The van der Waals surface area contributed by atoms with E-state index in [4.69, 9.17) is 9.47 Å². The number of aryl methyl sites for hydroxylation is 1. The van der Waals surface area contributed by atoms with Crippen LogP contribution >= 0.6 is 0 Å². The fraction of sp³-hybridized carbons (Fsp3) is 0.533. The molecule has 1 rings (SSSR count). The quantitative estimate of drug-likeness (QED) is 0.669. The highest BCUT2D eigenvalue weighted by Crippen LogP contribution is 2.23. The fourth-order valence-corrected chi connectivity index (χ4v) is 3.12. The van der Waals surface area contributed by atoms with E-state index in [1.807, 2.05) is 0 Å². The number of nitrogens with zero attached hydrogens (tertiary/aromatic N) is 1. The molecule has 0 spiro atoms. The highest BCUT2D eigenvalue weighted by Gasteiger charge is 2.22. The number of carbonyl (C=O) groups is 1. The minimum atomic E-state index is -3.63. The molecule has 0 aromatic heterocycles. The van der Waals surface area contributed by atoms with Crippen LogP contribution in [0.4, 0.5) is 0 Å². The van der Waals surface area contributed by atoms with Gasteiger partial charge in [-0.3, -0.25) is 4.79 Å². The van der Waals surface area contributed by atoms with Gasteiger partial charge in [0.2, 0.25) is 15.9 Å². The maximum Gasteiger partial charge on any atom is 0.242 e. The van der Waals surface area contributed by atoms with Crippen molar-refractivity contribution in [1.29, 1.82) is 0 Å². The van der Waals surface area contributed by atoms with Crippen LogP contribution in [0.3, 0.4) is 0 Å². The largest absolute Gasteiger partial charge is 0.491 e. The number of hydrogen-bond acceptors (Lipinski definition) is 5. The van der Waals surface area contributed by atoms with E-state index in [2.05, 4.69) is 5.32 Å². The van der Waals surface area contributed by atoms with Crippen molar-refractivity contribution in [2.45, 2.75) is 18.2 Å². The molecular formula is C15H24N2O5S. The highest BCUT2D eigenvalue weighted by atomic mass is 32.2. The molecule has 0 unspecified atom stereocenters. The van der Waals surface area contributed by atoms with Gasteiger partial charge in [-0.2, -0.15) is 0 Å². The second-order valence-electron chi connectivity index (χ2n) is 5.02. The fourth-order valence-electron chi connectivity index (χ4n) is 1.86. The van der Waals surface area contributed by atoms with E-state index in [0.717, 1.165) is 5.56 Å². The van der Waals surface area contributed by atoms with Crippen LogP contribution in [0.15, 0.2) is 23.1 Å². The van der Waals surface area contributed by atoms with Gasteiger partial charge in [-0.25, -0.2) is 12.7 Å². The van der Waals surface area contributed by atoms with E-state index >= 15 is 0 Å². The van der Waals surface area contributed by atoms with Gasteiger partial charge >= 0.3 is 0 Å². The summed E-state index contributed by atoms with van der Waals surface area (Å²) in [6.45, 7) is 2.76. The first-order valence-electron chi connectivity index (χ1n) is 7.22. The molecule has 0 atom stereocenters. The Hall–Kier alpha value is -1.64. The van der Waals surface area contributed by atoms with Gasteiger partial charge in [0.25, 0.3) is 0 Å². The molecule has 1 N–H and O–H groups in total. The Morgan fingerprint density at radius 3 is 2.57 bits per heavy atom. The van der Waals surface area contributed by atoms with E-state index in [1.165, 1.54) is 24.5 Å². The van der Waals surface area contributed by atoms with Crippen LogP contribution in [0.25, 0.3) is 0 Å². The Morgan fingerprint density at radius 1 is 1.30 bits per heavy atom. The first kappa shape index (κ1) is 19.4. The normalized spacial score (nSPS) is 11.5. The third-order valence-corrected chi connectivity index (χ3v) is 5.19. The molecule has 1 aromatic rings. The van der Waals surface area contributed by atoms with E-state index < -0.39 is 10.0 Å². The smallest absolute Gasteiger partial charge is 0.242 e. The standard InChI is InChI=1S/C15H24N2O5S/c1-12-11-13(5-6-14(12)22-10-9-21-4)23(19,20)17(3)8-7-15(18)16-2/h5-6,11H,7-10H2,1-4H3,(H,16,18). The SMILES string of the molecule is CNC(=O)CCN(C)S(=O)(=O)c1ccc(OCCOC)c(C)c1. The predicted octanol–water partition coefficient (Wildman–Crippen LogP) is 0.777. The number of benzene rings is 1. The van der Waals surface area contributed by atoms with Crippen molar-refractivity contribution in [3.8, 4) is 5.75 Å². The van der Waals surface area contributed by atoms with Crippen molar-refractivity contribution in [1.82, 2.24) is 9.62 Å². The van der Waals surface area contributed by atoms with Crippen molar-refractivity contribution >= 4 is 15.9 Å². The van der Waals surface area contributed by atoms with Crippen LogP contribution in [0.1, 0.15) is 12.0 Å². The van der Waals surface area contributed by atoms with Gasteiger partial charge in [-0.1, -0.05) is 0 Å². The van der Waals surface area contributed by atoms with Crippen LogP contribution < -0.4 is 10.1 Å². The van der Waals surface area contributed by atoms with Gasteiger partial charge in [0, 0.05) is 34.2 Å². The predicted molar refractivity (Wildman–Crippen MR) is 87.0 cm³/mol. The molecule has 0 radical (unpaired) electrons. The zero-order valence-electron chi connectivity index (χ0n) is 14.0. The van der Waals surface area contributed by atoms with Gasteiger partial charge in [-0.05, 0) is 30.7 Å². The molecule has 0 aliphatic rings. The van der Waals surface area contributed by atoms with Crippen molar-refractivity contribution in [2.24, 2.45) is 0 Å². The maximum atomic E-state index is 12.5. The number of rotatable bonds is 9. The molecule has 0 fully saturated rings. The molecule has 8 heteroatoms. The lowest BCUT2D eigenvalue weighted by Gasteiger charge is -2.18. The Labute approximate surface area is 137 Å². The van der Waals surface area contributed by atoms with E-state index in [9.17, 15) is 13.2 Å². The molecule has 0 aliphatic heterocycles. The van der Waals surface area contributed by atoms with Gasteiger partial charge in [-0.15, -0.1) is 0 Å². The first-order valence-corrected chi connectivity index (χ1v) is 8.66. The Kier molecular flexibility index (Phi) is 7.47. The molecule has 1 amide bonds. The van der Waals surface area contributed by atoms with Crippen LogP contribution in [-0.4, -0.2) is 59.6 Å². The van der Waals surface area contributed by atoms with E-state index in [0.29, 0.717) is 19.0 Å². The summed E-state index contributed by atoms with van der Waals surface area (Å²) in [5, 5.41) is 2.47. The summed E-state index contributed by atoms with van der Waals surface area (Å²) in [5.74, 6) is 0.416. The van der Waals surface area contributed by atoms with Crippen molar-refractivity contribution < 1.29 is 22.7 Å². The number of carbonyl (C=O) groups excluding carboxylic acids is 1. The minimum Gasteiger partial charge on any atom is -0.491 e. The number of ether oxygens (including phenoxy) is 2. The molecule has 0 aliphatic carbocycles. The Morgan fingerprint density at radius 2 is 2.00 bits per heavy atom. The summed E-state index contributed by atoms with van der Waals surface area (Å²) in [6.07, 6.45) is 0.115. The number of methoxy groups -OCH3 is 1. The maximum absolute atomic E-state index is 12.5. The summed E-state index contributed by atoms with van der Waals surface area (Å²) in [5.41, 5.74) is 0.724. The summed E-state index contributed by atoms with van der Waals surface area (Å²) >= 11 is 0. The number of sulfonamides is 1. The molecule has 0 bridgehead atoms. The van der Waals surface area contributed by atoms with Crippen LogP contribution in [-0.2, 0) is 19.6 Å². The summed E-state index contributed by atoms with van der Waals surface area (Å²) in [6, 6.07) is 4.69. The average molecular weight is 344 g/mol. The van der Waals surface area contributed by atoms with Gasteiger partial charge in [0.1, 0.15) is 12.4 Å². The second kappa shape index (κ2) is 8.85. The molecule has 0 saturated heterocycles. The number of hydrogen-bond donors (Lipinski definition) is 1. The van der Waals surface area contributed by atoms with Crippen LogP contribution in [0.5, 0.6) is 5.75 Å². The van der Waals surface area contributed by atoms with Crippen LogP contribution in [0, 0.1) is 6.92 Å². The van der Waals surface area contributed by atoms with Crippen molar-refractivity contribution in [3.63, 3.8) is 0 Å². The molecule has 1 aromatic carbocycles. The molecule has 7 nitrogen and oxygen atoms in total. The summed E-state index contributed by atoms with van der Waals surface area (Å²) in [4.78, 5) is 11.4.